The van der Waals surface area contributed by atoms with Crippen molar-refractivity contribution >= 4 is 16.0 Å². The van der Waals surface area contributed by atoms with Crippen molar-refractivity contribution in [1.29, 1.82) is 0 Å². The van der Waals surface area contributed by atoms with Gasteiger partial charge in [0.05, 0.1) is 23.4 Å². The number of carbonyl (C=O) groups is 1. The van der Waals surface area contributed by atoms with Crippen LogP contribution in [0, 0.1) is 26.2 Å². The van der Waals surface area contributed by atoms with E-state index < -0.39 is 15.4 Å². The van der Waals surface area contributed by atoms with Crippen molar-refractivity contribution in [3.8, 4) is 0 Å². The maximum atomic E-state index is 13.6. The Morgan fingerprint density at radius 3 is 2.53 bits per heavy atom. The molecule has 164 valence electrons. The zero-order valence-corrected chi connectivity index (χ0v) is 19.3. The molecule has 2 aromatic rings. The predicted octanol–water partition coefficient (Wildman–Crippen LogP) is 2.92. The van der Waals surface area contributed by atoms with Crippen molar-refractivity contribution in [1.82, 2.24) is 14.1 Å². The van der Waals surface area contributed by atoms with E-state index in [-0.39, 0.29) is 24.0 Å². The van der Waals surface area contributed by atoms with Gasteiger partial charge in [-0.2, -0.15) is 9.40 Å². The van der Waals surface area contributed by atoms with E-state index in [1.54, 1.807) is 32.5 Å². The lowest BCUT2D eigenvalue weighted by Gasteiger charge is -2.40. The summed E-state index contributed by atoms with van der Waals surface area (Å²) in [4.78, 5) is 13.4. The van der Waals surface area contributed by atoms with Crippen molar-refractivity contribution in [2.45, 2.75) is 51.9 Å². The molecule has 1 fully saturated rings. The minimum Gasteiger partial charge on any atom is -0.466 e. The van der Waals surface area contributed by atoms with Gasteiger partial charge in [-0.1, -0.05) is 24.3 Å². The number of benzene rings is 1. The van der Waals surface area contributed by atoms with Gasteiger partial charge in [0, 0.05) is 20.1 Å². The largest absolute Gasteiger partial charge is 0.466 e. The fourth-order valence-corrected chi connectivity index (χ4v) is 6.36. The minimum atomic E-state index is -3.78. The van der Waals surface area contributed by atoms with Crippen LogP contribution in [0.1, 0.15) is 42.3 Å². The molecule has 0 bridgehead atoms. The van der Waals surface area contributed by atoms with Gasteiger partial charge in [0.1, 0.15) is 4.90 Å². The van der Waals surface area contributed by atoms with Crippen LogP contribution in [0.3, 0.4) is 0 Å². The van der Waals surface area contributed by atoms with Gasteiger partial charge in [-0.25, -0.2) is 8.42 Å². The Kier molecular flexibility index (Phi) is 6.38. The number of piperidine rings is 1. The van der Waals surface area contributed by atoms with E-state index in [1.165, 1.54) is 4.31 Å². The van der Waals surface area contributed by atoms with Gasteiger partial charge < -0.3 is 4.74 Å². The zero-order chi connectivity index (χ0) is 22.1. The van der Waals surface area contributed by atoms with E-state index >= 15 is 0 Å². The van der Waals surface area contributed by atoms with Gasteiger partial charge in [0.2, 0.25) is 10.0 Å². The summed E-state index contributed by atoms with van der Waals surface area (Å²) in [6, 6.07) is 7.91. The molecule has 30 heavy (non-hydrogen) atoms. The Balaban J connectivity index is 2.01. The Morgan fingerprint density at radius 1 is 1.23 bits per heavy atom. The molecule has 2 heterocycles. The SMILES string of the molecule is CCOC(=O)[C@@]1(Cc2ccccc2C)CCCN(S(=O)(=O)c2c(C)nn(C)c2C)C1. The second-order valence-corrected chi connectivity index (χ2v) is 10.0. The smallest absolute Gasteiger partial charge is 0.313 e. The lowest BCUT2D eigenvalue weighted by molar-refractivity contribution is -0.157. The molecule has 1 aliphatic rings. The summed E-state index contributed by atoms with van der Waals surface area (Å²) in [5.41, 5.74) is 2.29. The molecule has 1 saturated heterocycles. The summed E-state index contributed by atoms with van der Waals surface area (Å²) < 4.78 is 35.6. The van der Waals surface area contributed by atoms with E-state index in [0.29, 0.717) is 37.2 Å². The Labute approximate surface area is 179 Å². The third-order valence-electron chi connectivity index (χ3n) is 6.08. The average molecular weight is 434 g/mol. The van der Waals surface area contributed by atoms with E-state index in [0.717, 1.165) is 11.1 Å². The third kappa shape index (κ3) is 4.03. The summed E-state index contributed by atoms with van der Waals surface area (Å²) in [5.74, 6) is -0.326. The van der Waals surface area contributed by atoms with Gasteiger partial charge >= 0.3 is 5.97 Å². The van der Waals surface area contributed by atoms with Crippen molar-refractivity contribution in [3.63, 3.8) is 0 Å². The molecule has 1 aromatic carbocycles. The number of nitrogens with zero attached hydrogens (tertiary/aromatic N) is 3. The summed E-state index contributed by atoms with van der Waals surface area (Å²) in [6.45, 7) is 7.99. The van der Waals surface area contributed by atoms with Gasteiger partial charge in [-0.3, -0.25) is 9.48 Å². The molecule has 0 aliphatic carbocycles. The maximum Gasteiger partial charge on any atom is 0.313 e. The van der Waals surface area contributed by atoms with Crippen molar-refractivity contribution in [2.75, 3.05) is 19.7 Å². The highest BCUT2D eigenvalue weighted by Crippen LogP contribution is 2.38. The quantitative estimate of drug-likeness (QED) is 0.654. The van der Waals surface area contributed by atoms with Crippen LogP contribution in [0.2, 0.25) is 0 Å². The number of aryl methyl sites for hydroxylation is 3. The normalized spacial score (nSPS) is 20.3. The molecule has 1 aliphatic heterocycles. The summed E-state index contributed by atoms with van der Waals surface area (Å²) in [5, 5.41) is 4.27. The van der Waals surface area contributed by atoms with E-state index in [9.17, 15) is 13.2 Å². The first-order valence-corrected chi connectivity index (χ1v) is 11.8. The predicted molar refractivity (Wildman–Crippen MR) is 115 cm³/mol. The van der Waals surface area contributed by atoms with Gasteiger partial charge in [-0.05, 0) is 58.1 Å². The van der Waals surface area contributed by atoms with Crippen LogP contribution < -0.4 is 0 Å². The zero-order valence-electron chi connectivity index (χ0n) is 18.4. The molecule has 8 heteroatoms. The Bertz CT molecular complexity index is 1040. The van der Waals surface area contributed by atoms with Crippen molar-refractivity contribution in [2.24, 2.45) is 12.5 Å². The third-order valence-corrected chi connectivity index (χ3v) is 8.18. The molecule has 0 N–H and O–H groups in total. The van der Waals surface area contributed by atoms with E-state index in [2.05, 4.69) is 5.10 Å². The standard InChI is InChI=1S/C22H31N3O4S/c1-6-29-21(26)22(14-19-11-8-7-10-16(19)2)12-9-13-25(15-22)30(27,28)20-17(3)23-24(5)18(20)4/h7-8,10-11H,6,9,12-15H2,1-5H3/t22-/m1/s1. The summed E-state index contributed by atoms with van der Waals surface area (Å²) in [6.07, 6.45) is 1.65. The topological polar surface area (TPSA) is 81.5 Å². The van der Waals surface area contributed by atoms with Crippen LogP contribution in [0.5, 0.6) is 0 Å². The van der Waals surface area contributed by atoms with Crippen molar-refractivity contribution < 1.29 is 17.9 Å². The molecular formula is C22H31N3O4S. The second kappa shape index (κ2) is 8.51. The molecule has 0 amide bonds. The van der Waals surface area contributed by atoms with Gasteiger partial charge in [0.25, 0.3) is 0 Å². The molecule has 0 saturated carbocycles. The first-order valence-electron chi connectivity index (χ1n) is 10.3. The number of carbonyl (C=O) groups excluding carboxylic acids is 1. The summed E-state index contributed by atoms with van der Waals surface area (Å²) >= 11 is 0. The van der Waals surface area contributed by atoms with Crippen LogP contribution in [-0.2, 0) is 33.0 Å². The number of rotatable bonds is 6. The Hall–Kier alpha value is -2.19. The molecule has 1 atom stereocenters. The summed E-state index contributed by atoms with van der Waals surface area (Å²) in [7, 11) is -2.05. The number of sulfonamides is 1. The Morgan fingerprint density at radius 2 is 1.93 bits per heavy atom. The monoisotopic (exact) mass is 433 g/mol. The minimum absolute atomic E-state index is 0.107. The second-order valence-electron chi connectivity index (χ2n) is 8.17. The fourth-order valence-electron chi connectivity index (χ4n) is 4.39. The molecule has 1 aromatic heterocycles. The van der Waals surface area contributed by atoms with E-state index in [4.69, 9.17) is 4.74 Å². The van der Waals surface area contributed by atoms with Gasteiger partial charge in [0.15, 0.2) is 0 Å². The van der Waals surface area contributed by atoms with Crippen LogP contribution in [0.25, 0.3) is 0 Å². The highest BCUT2D eigenvalue weighted by Gasteiger charge is 2.47. The number of hydrogen-bond donors (Lipinski definition) is 0. The number of hydrogen-bond acceptors (Lipinski definition) is 5. The molecule has 0 unspecified atom stereocenters. The first-order chi connectivity index (χ1) is 14.1. The average Bonchev–Trinajstić information content (AvgIpc) is 2.96. The van der Waals surface area contributed by atoms with Crippen LogP contribution in [-0.4, -0.2) is 48.2 Å². The van der Waals surface area contributed by atoms with Crippen LogP contribution in [0.15, 0.2) is 29.2 Å². The molecule has 0 spiro atoms. The highest BCUT2D eigenvalue weighted by molar-refractivity contribution is 7.89. The number of aromatic nitrogens is 2. The van der Waals surface area contributed by atoms with Gasteiger partial charge in [-0.15, -0.1) is 0 Å². The first kappa shape index (κ1) is 22.5. The maximum absolute atomic E-state index is 13.6. The highest BCUT2D eigenvalue weighted by atomic mass is 32.2. The molecule has 3 rings (SSSR count). The molecular weight excluding hydrogens is 402 g/mol. The molecule has 0 radical (unpaired) electrons. The molecule has 7 nitrogen and oxygen atoms in total. The lowest BCUT2D eigenvalue weighted by Crippen LogP contribution is -2.51. The van der Waals surface area contributed by atoms with Crippen LogP contribution in [0.4, 0.5) is 0 Å². The van der Waals surface area contributed by atoms with Crippen molar-refractivity contribution in [3.05, 3.63) is 46.8 Å². The fraction of sp³-hybridized carbons (Fsp3) is 0.545. The van der Waals surface area contributed by atoms with E-state index in [1.807, 2.05) is 31.2 Å². The number of ether oxygens (including phenoxy) is 1. The number of esters is 1. The lowest BCUT2D eigenvalue weighted by atomic mass is 9.75. The van der Waals surface area contributed by atoms with Crippen LogP contribution >= 0.6 is 0 Å².